The van der Waals surface area contributed by atoms with Crippen LogP contribution in [0, 0.1) is 0 Å². The maximum Gasteiger partial charge on any atom is 0.335 e. The average Bonchev–Trinajstić information content (AvgIpc) is 2.26. The number of carboxylic acids is 1. The van der Waals surface area contributed by atoms with Crippen LogP contribution in [0.3, 0.4) is 0 Å². The van der Waals surface area contributed by atoms with E-state index in [0.717, 1.165) is 0 Å². The van der Waals surface area contributed by atoms with Gasteiger partial charge >= 0.3 is 5.97 Å². The van der Waals surface area contributed by atoms with E-state index in [2.05, 4.69) is 5.32 Å². The molecule has 1 aromatic carbocycles. The summed E-state index contributed by atoms with van der Waals surface area (Å²) in [4.78, 5) is 22.3. The molecular weight excluding hydrogens is 234 g/mol. The largest absolute Gasteiger partial charge is 0.478 e. The maximum absolute atomic E-state index is 11.6. The van der Waals surface area contributed by atoms with Crippen LogP contribution in [-0.2, 0) is 9.53 Å². The average molecular weight is 251 g/mol. The van der Waals surface area contributed by atoms with E-state index in [0.29, 0.717) is 5.69 Å². The van der Waals surface area contributed by atoms with Gasteiger partial charge in [0.15, 0.2) is 0 Å². The van der Waals surface area contributed by atoms with Crippen LogP contribution in [0.1, 0.15) is 31.1 Å². The normalized spacial score (nSPS) is 11.1. The molecule has 0 aliphatic heterocycles. The zero-order valence-corrected chi connectivity index (χ0v) is 10.7. The van der Waals surface area contributed by atoms with Crippen LogP contribution in [-0.4, -0.2) is 29.2 Å². The number of nitrogens with one attached hydrogen (secondary N) is 1. The highest BCUT2D eigenvalue weighted by molar-refractivity contribution is 5.94. The van der Waals surface area contributed by atoms with Crippen molar-refractivity contribution < 1.29 is 19.4 Å². The first-order valence-corrected chi connectivity index (χ1v) is 5.55. The van der Waals surface area contributed by atoms with Gasteiger partial charge in [0.25, 0.3) is 0 Å². The van der Waals surface area contributed by atoms with Gasteiger partial charge in [0.2, 0.25) is 5.91 Å². The Kier molecular flexibility index (Phi) is 4.44. The minimum atomic E-state index is -1.03. The van der Waals surface area contributed by atoms with Crippen molar-refractivity contribution >= 4 is 17.6 Å². The third-order valence-corrected chi connectivity index (χ3v) is 2.03. The fourth-order valence-electron chi connectivity index (χ4n) is 1.21. The molecule has 0 aliphatic rings. The predicted molar refractivity (Wildman–Crippen MR) is 67.7 cm³/mol. The molecule has 0 heterocycles. The molecule has 1 amide bonds. The van der Waals surface area contributed by atoms with E-state index in [1.807, 2.05) is 20.8 Å². The number of hydrogen-bond donors (Lipinski definition) is 2. The van der Waals surface area contributed by atoms with Crippen molar-refractivity contribution in [2.45, 2.75) is 26.4 Å². The molecule has 0 radical (unpaired) electrons. The van der Waals surface area contributed by atoms with Crippen LogP contribution >= 0.6 is 0 Å². The molecule has 18 heavy (non-hydrogen) atoms. The molecule has 1 aromatic rings. The van der Waals surface area contributed by atoms with Gasteiger partial charge in [0, 0.05) is 5.69 Å². The van der Waals surface area contributed by atoms with Gasteiger partial charge in [-0.15, -0.1) is 0 Å². The highest BCUT2D eigenvalue weighted by atomic mass is 16.5. The second kappa shape index (κ2) is 5.64. The van der Waals surface area contributed by atoms with Crippen molar-refractivity contribution in [1.82, 2.24) is 0 Å². The Morgan fingerprint density at radius 1 is 1.33 bits per heavy atom. The molecule has 1 rings (SSSR count). The van der Waals surface area contributed by atoms with Gasteiger partial charge in [-0.3, -0.25) is 4.79 Å². The summed E-state index contributed by atoms with van der Waals surface area (Å²) in [5.41, 5.74) is 0.183. The van der Waals surface area contributed by atoms with E-state index in [1.54, 1.807) is 12.1 Å². The maximum atomic E-state index is 11.6. The first-order valence-electron chi connectivity index (χ1n) is 5.55. The summed E-state index contributed by atoms with van der Waals surface area (Å²) in [6, 6.07) is 6.06. The Hall–Kier alpha value is -1.88. The van der Waals surface area contributed by atoms with Crippen molar-refractivity contribution in [3.63, 3.8) is 0 Å². The number of anilines is 1. The molecule has 0 bridgehead atoms. The number of rotatable bonds is 4. The fourth-order valence-corrected chi connectivity index (χ4v) is 1.21. The Labute approximate surface area is 106 Å². The summed E-state index contributed by atoms with van der Waals surface area (Å²) in [7, 11) is 0. The van der Waals surface area contributed by atoms with Crippen LogP contribution < -0.4 is 5.32 Å². The molecule has 5 heteroatoms. The monoisotopic (exact) mass is 251 g/mol. The third kappa shape index (κ3) is 4.97. The van der Waals surface area contributed by atoms with Gasteiger partial charge < -0.3 is 15.2 Å². The first-order chi connectivity index (χ1) is 8.28. The van der Waals surface area contributed by atoms with Gasteiger partial charge in [-0.2, -0.15) is 0 Å². The summed E-state index contributed by atoms with van der Waals surface area (Å²) in [5, 5.41) is 11.4. The molecule has 0 fully saturated rings. The molecular formula is C13H17NO4. The number of benzene rings is 1. The summed E-state index contributed by atoms with van der Waals surface area (Å²) in [5.74, 6) is -1.34. The number of carbonyl (C=O) groups is 2. The molecule has 98 valence electrons. The topological polar surface area (TPSA) is 75.6 Å². The molecule has 0 saturated carbocycles. The van der Waals surface area contributed by atoms with E-state index in [-0.39, 0.29) is 23.7 Å². The van der Waals surface area contributed by atoms with Crippen LogP contribution in [0.25, 0.3) is 0 Å². The second-order valence-electron chi connectivity index (χ2n) is 4.84. The zero-order chi connectivity index (χ0) is 13.8. The number of aromatic carboxylic acids is 1. The number of carbonyl (C=O) groups excluding carboxylic acids is 1. The van der Waals surface area contributed by atoms with Crippen molar-refractivity contribution in [2.24, 2.45) is 0 Å². The van der Waals surface area contributed by atoms with Crippen molar-refractivity contribution in [3.05, 3.63) is 29.8 Å². The van der Waals surface area contributed by atoms with Gasteiger partial charge in [0.05, 0.1) is 11.2 Å². The quantitative estimate of drug-likeness (QED) is 0.859. The predicted octanol–water partition coefficient (Wildman–Crippen LogP) is 2.14. The van der Waals surface area contributed by atoms with Crippen LogP contribution in [0.4, 0.5) is 5.69 Å². The number of amides is 1. The summed E-state index contributed by atoms with van der Waals surface area (Å²) < 4.78 is 5.31. The molecule has 5 nitrogen and oxygen atoms in total. The summed E-state index contributed by atoms with van der Waals surface area (Å²) >= 11 is 0. The second-order valence-corrected chi connectivity index (χ2v) is 4.84. The standard InChI is InChI=1S/C13H17NO4/c1-13(2,3)18-8-11(15)14-10-6-4-5-9(7-10)12(16)17/h4-7H,8H2,1-3H3,(H,14,15)(H,16,17). The highest BCUT2D eigenvalue weighted by Gasteiger charge is 2.13. The van der Waals surface area contributed by atoms with E-state index in [4.69, 9.17) is 9.84 Å². The summed E-state index contributed by atoms with van der Waals surface area (Å²) in [6.45, 7) is 5.49. The minimum absolute atomic E-state index is 0.0687. The first kappa shape index (κ1) is 14.2. The zero-order valence-electron chi connectivity index (χ0n) is 10.7. The van der Waals surface area contributed by atoms with Crippen LogP contribution in [0.2, 0.25) is 0 Å². The molecule has 0 atom stereocenters. The van der Waals surface area contributed by atoms with E-state index >= 15 is 0 Å². The van der Waals surface area contributed by atoms with Gasteiger partial charge in [-0.1, -0.05) is 6.07 Å². The molecule has 0 aliphatic carbocycles. The number of hydrogen-bond acceptors (Lipinski definition) is 3. The molecule has 0 aromatic heterocycles. The Bertz CT molecular complexity index is 449. The Morgan fingerprint density at radius 2 is 2.00 bits per heavy atom. The van der Waals surface area contributed by atoms with E-state index in [1.165, 1.54) is 12.1 Å². The lowest BCUT2D eigenvalue weighted by molar-refractivity contribution is -0.125. The van der Waals surface area contributed by atoms with Crippen molar-refractivity contribution in [1.29, 1.82) is 0 Å². The SMILES string of the molecule is CC(C)(C)OCC(=O)Nc1cccc(C(=O)O)c1. The van der Waals surface area contributed by atoms with Gasteiger partial charge in [0.1, 0.15) is 6.61 Å². The Morgan fingerprint density at radius 3 is 2.56 bits per heavy atom. The third-order valence-electron chi connectivity index (χ3n) is 2.03. The van der Waals surface area contributed by atoms with Crippen LogP contribution in [0.5, 0.6) is 0 Å². The van der Waals surface area contributed by atoms with E-state index < -0.39 is 5.97 Å². The molecule has 0 saturated heterocycles. The number of carboxylic acid groups (broad SMARTS) is 1. The van der Waals surface area contributed by atoms with E-state index in [9.17, 15) is 9.59 Å². The van der Waals surface area contributed by atoms with Gasteiger partial charge in [-0.05, 0) is 39.0 Å². The fraction of sp³-hybridized carbons (Fsp3) is 0.385. The number of ether oxygens (including phenoxy) is 1. The lowest BCUT2D eigenvalue weighted by Gasteiger charge is -2.19. The highest BCUT2D eigenvalue weighted by Crippen LogP contribution is 2.11. The molecule has 2 N–H and O–H groups in total. The Balaban J connectivity index is 2.59. The van der Waals surface area contributed by atoms with Crippen molar-refractivity contribution in [2.75, 3.05) is 11.9 Å². The lowest BCUT2D eigenvalue weighted by atomic mass is 10.2. The molecule has 0 unspecified atom stereocenters. The van der Waals surface area contributed by atoms with Crippen molar-refractivity contribution in [3.8, 4) is 0 Å². The lowest BCUT2D eigenvalue weighted by Crippen LogP contribution is -2.27. The van der Waals surface area contributed by atoms with Crippen LogP contribution in [0.15, 0.2) is 24.3 Å². The molecule has 0 spiro atoms. The minimum Gasteiger partial charge on any atom is -0.478 e. The van der Waals surface area contributed by atoms with Gasteiger partial charge in [-0.25, -0.2) is 4.79 Å². The smallest absolute Gasteiger partial charge is 0.335 e. The summed E-state index contributed by atoms with van der Waals surface area (Å²) in [6.07, 6.45) is 0.